The first-order valence-corrected chi connectivity index (χ1v) is 12.0. The molecule has 0 saturated carbocycles. The molecule has 0 bridgehead atoms. The van der Waals surface area contributed by atoms with E-state index in [2.05, 4.69) is 15.4 Å². The molecule has 0 fully saturated rings. The van der Waals surface area contributed by atoms with E-state index in [0.717, 1.165) is 12.1 Å². The monoisotopic (exact) mass is 584 g/mol. The number of carbonyl (C=O) groups is 3. The van der Waals surface area contributed by atoms with Crippen molar-refractivity contribution in [2.75, 3.05) is 11.9 Å². The minimum absolute atomic E-state index is 0.0965. The Kier molecular flexibility index (Phi) is 9.79. The van der Waals surface area contributed by atoms with Crippen LogP contribution in [0, 0.1) is 0 Å². The van der Waals surface area contributed by atoms with Gasteiger partial charge in [-0.3, -0.25) is 9.59 Å². The number of carboxylic acid groups (broad SMARTS) is 1. The summed E-state index contributed by atoms with van der Waals surface area (Å²) in [6.45, 7) is -0.486. The zero-order valence-electron chi connectivity index (χ0n) is 19.8. The van der Waals surface area contributed by atoms with Crippen molar-refractivity contribution in [2.45, 2.75) is 24.8 Å². The lowest BCUT2D eigenvalue weighted by atomic mass is 9.90. The Balaban J connectivity index is 1.81. The van der Waals surface area contributed by atoms with Crippen LogP contribution in [0.4, 0.5) is 18.9 Å². The van der Waals surface area contributed by atoms with Gasteiger partial charge in [-0.2, -0.15) is 0 Å². The molecular weight excluding hydrogens is 564 g/mol. The van der Waals surface area contributed by atoms with Crippen molar-refractivity contribution in [1.29, 1.82) is 0 Å². The Bertz CT molecular complexity index is 1310. The van der Waals surface area contributed by atoms with Crippen LogP contribution in [0.25, 0.3) is 0 Å². The summed E-state index contributed by atoms with van der Waals surface area (Å²) in [7, 11) is 0. The zero-order valence-corrected chi connectivity index (χ0v) is 21.3. The standard InChI is InChI=1S/C26H21Cl2F3N2O6/c27-17-10-18(28)12-19(11-17)33-24(36)21(15-5-7-20(8-6-15)39-26(29,30)31)9-14-1-3-16(4-2-14)23(35)32-13-22(34)25(37)38/h1-8,10-12,21-22,34H,9,13H2,(H,32,35)(H,33,36)(H,37,38)/t21?,22-/m1/s1. The number of aliphatic hydroxyl groups excluding tert-OH is 1. The molecule has 13 heteroatoms. The normalized spacial score (nSPS) is 12.8. The quantitative estimate of drug-likeness (QED) is 0.265. The van der Waals surface area contributed by atoms with Crippen molar-refractivity contribution in [2.24, 2.45) is 0 Å². The van der Waals surface area contributed by atoms with Gasteiger partial charge in [-0.15, -0.1) is 13.2 Å². The summed E-state index contributed by atoms with van der Waals surface area (Å²) in [5, 5.41) is 23.6. The average molecular weight is 585 g/mol. The van der Waals surface area contributed by atoms with Crippen LogP contribution in [-0.2, 0) is 16.0 Å². The van der Waals surface area contributed by atoms with Gasteiger partial charge in [0.25, 0.3) is 5.91 Å². The van der Waals surface area contributed by atoms with E-state index < -0.39 is 48.5 Å². The second-order valence-corrected chi connectivity index (χ2v) is 9.15. The number of hydrogen-bond donors (Lipinski definition) is 4. The van der Waals surface area contributed by atoms with Gasteiger partial charge in [0.2, 0.25) is 5.91 Å². The van der Waals surface area contributed by atoms with Gasteiger partial charge >= 0.3 is 12.3 Å². The number of benzene rings is 3. The number of aliphatic carboxylic acids is 1. The van der Waals surface area contributed by atoms with Gasteiger partial charge in [0.15, 0.2) is 6.10 Å². The topological polar surface area (TPSA) is 125 Å². The van der Waals surface area contributed by atoms with Crippen molar-refractivity contribution in [1.82, 2.24) is 5.32 Å². The molecule has 0 aliphatic heterocycles. The molecule has 3 rings (SSSR count). The van der Waals surface area contributed by atoms with Gasteiger partial charge in [0.05, 0.1) is 12.5 Å². The van der Waals surface area contributed by atoms with Crippen LogP contribution < -0.4 is 15.4 Å². The van der Waals surface area contributed by atoms with Crippen LogP contribution in [0.5, 0.6) is 5.75 Å². The van der Waals surface area contributed by atoms with Crippen LogP contribution in [0.2, 0.25) is 10.0 Å². The summed E-state index contributed by atoms with van der Waals surface area (Å²) in [5.41, 5.74) is 1.49. The number of nitrogens with one attached hydrogen (secondary N) is 2. The molecule has 0 aliphatic rings. The molecule has 0 saturated heterocycles. The first-order valence-electron chi connectivity index (χ1n) is 11.2. The van der Waals surface area contributed by atoms with Crippen LogP contribution in [0.3, 0.4) is 0 Å². The summed E-state index contributed by atoms with van der Waals surface area (Å²) >= 11 is 12.0. The van der Waals surface area contributed by atoms with Crippen LogP contribution in [0.15, 0.2) is 66.7 Å². The summed E-state index contributed by atoms with van der Waals surface area (Å²) in [6.07, 6.45) is -6.53. The average Bonchev–Trinajstić information content (AvgIpc) is 2.85. The molecule has 1 unspecified atom stereocenters. The smallest absolute Gasteiger partial charge is 0.479 e. The molecule has 3 aromatic rings. The number of amides is 2. The lowest BCUT2D eigenvalue weighted by Crippen LogP contribution is -2.36. The second-order valence-electron chi connectivity index (χ2n) is 8.28. The van der Waals surface area contributed by atoms with Crippen LogP contribution >= 0.6 is 23.2 Å². The molecule has 0 spiro atoms. The molecule has 206 valence electrons. The van der Waals surface area contributed by atoms with Crippen LogP contribution in [-0.4, -0.2) is 47.0 Å². The number of carbonyl (C=O) groups excluding carboxylic acids is 2. The number of ether oxygens (including phenoxy) is 1. The van der Waals surface area contributed by atoms with Gasteiger partial charge in [-0.25, -0.2) is 4.79 Å². The van der Waals surface area contributed by atoms with Gasteiger partial charge < -0.3 is 25.6 Å². The fourth-order valence-electron chi connectivity index (χ4n) is 3.53. The Morgan fingerprint density at radius 3 is 2.05 bits per heavy atom. The number of rotatable bonds is 10. The number of alkyl halides is 3. The summed E-state index contributed by atoms with van der Waals surface area (Å²) in [5.74, 6) is -3.92. The molecule has 2 amide bonds. The predicted molar refractivity (Wildman–Crippen MR) is 137 cm³/mol. The number of aliphatic hydroxyl groups is 1. The Morgan fingerprint density at radius 1 is 0.923 bits per heavy atom. The number of hydrogen-bond acceptors (Lipinski definition) is 5. The van der Waals surface area contributed by atoms with E-state index in [1.807, 2.05) is 0 Å². The van der Waals surface area contributed by atoms with E-state index in [4.69, 9.17) is 28.3 Å². The van der Waals surface area contributed by atoms with E-state index in [-0.39, 0.29) is 22.0 Å². The van der Waals surface area contributed by atoms with Crippen molar-refractivity contribution in [3.8, 4) is 5.75 Å². The van der Waals surface area contributed by atoms with E-state index in [0.29, 0.717) is 16.8 Å². The molecule has 0 radical (unpaired) electrons. The molecule has 0 aromatic heterocycles. The first kappa shape index (κ1) is 29.8. The summed E-state index contributed by atoms with van der Waals surface area (Å²) in [4.78, 5) is 36.2. The van der Waals surface area contributed by atoms with Gasteiger partial charge in [0.1, 0.15) is 5.75 Å². The molecule has 0 aliphatic carbocycles. The van der Waals surface area contributed by atoms with Crippen molar-refractivity contribution >= 4 is 46.7 Å². The minimum Gasteiger partial charge on any atom is -0.479 e. The second kappa shape index (κ2) is 12.8. The molecule has 3 aromatic carbocycles. The molecule has 4 N–H and O–H groups in total. The molecular formula is C26H21Cl2F3N2O6. The SMILES string of the molecule is O=C(NC[C@@H](O)C(=O)O)c1ccc(CC(C(=O)Nc2cc(Cl)cc(Cl)c2)c2ccc(OC(F)(F)F)cc2)cc1. The lowest BCUT2D eigenvalue weighted by molar-refractivity contribution is -0.274. The van der Waals surface area contributed by atoms with Gasteiger partial charge in [-0.05, 0) is 60.0 Å². The van der Waals surface area contributed by atoms with Gasteiger partial charge in [-0.1, -0.05) is 47.5 Å². The maximum Gasteiger partial charge on any atom is 0.573 e. The minimum atomic E-state index is -4.87. The van der Waals surface area contributed by atoms with Crippen molar-refractivity contribution in [3.05, 3.63) is 93.5 Å². The maximum atomic E-state index is 13.3. The number of halogens is 5. The number of carboxylic acids is 1. The highest BCUT2D eigenvalue weighted by Crippen LogP contribution is 2.29. The Hall–Kier alpha value is -3.80. The fourth-order valence-corrected chi connectivity index (χ4v) is 4.05. The number of anilines is 1. The molecule has 0 heterocycles. The molecule has 8 nitrogen and oxygen atoms in total. The Morgan fingerprint density at radius 2 is 1.51 bits per heavy atom. The van der Waals surface area contributed by atoms with Gasteiger partial charge in [0, 0.05) is 21.3 Å². The highest BCUT2D eigenvalue weighted by atomic mass is 35.5. The van der Waals surface area contributed by atoms with Crippen LogP contribution in [0.1, 0.15) is 27.4 Å². The van der Waals surface area contributed by atoms with Crippen molar-refractivity contribution < 1.29 is 42.5 Å². The van der Waals surface area contributed by atoms with E-state index in [9.17, 15) is 32.7 Å². The van der Waals surface area contributed by atoms with Crippen molar-refractivity contribution in [3.63, 3.8) is 0 Å². The summed E-state index contributed by atoms with van der Waals surface area (Å²) in [6, 6.07) is 15.4. The highest BCUT2D eigenvalue weighted by Gasteiger charge is 2.31. The summed E-state index contributed by atoms with van der Waals surface area (Å²) < 4.78 is 41.6. The predicted octanol–water partition coefficient (Wildman–Crippen LogP) is 5.03. The molecule has 2 atom stereocenters. The largest absolute Gasteiger partial charge is 0.573 e. The third-order valence-electron chi connectivity index (χ3n) is 5.36. The van der Waals surface area contributed by atoms with E-state index in [1.165, 1.54) is 42.5 Å². The molecule has 39 heavy (non-hydrogen) atoms. The first-order chi connectivity index (χ1) is 18.3. The van der Waals surface area contributed by atoms with E-state index in [1.54, 1.807) is 12.1 Å². The Labute approximate surface area is 230 Å². The fraction of sp³-hybridized carbons (Fsp3) is 0.192. The van der Waals surface area contributed by atoms with E-state index >= 15 is 0 Å². The lowest BCUT2D eigenvalue weighted by Gasteiger charge is -2.19. The maximum absolute atomic E-state index is 13.3. The zero-order chi connectivity index (χ0) is 28.7. The third-order valence-corrected chi connectivity index (χ3v) is 5.80. The third kappa shape index (κ3) is 9.17. The highest BCUT2D eigenvalue weighted by molar-refractivity contribution is 6.35.